The third-order valence-corrected chi connectivity index (χ3v) is 7.07. The number of anilines is 1. The molecular weight excluding hydrogens is 381 g/mol. The molecule has 0 bridgehead atoms. The van der Waals surface area contributed by atoms with Gasteiger partial charge in [-0.2, -0.15) is 0 Å². The number of hydrogen-bond donors (Lipinski definition) is 0. The van der Waals surface area contributed by atoms with Crippen LogP contribution in [0.4, 0.5) is 10.1 Å². The monoisotopic (exact) mass is 400 g/mol. The quantitative estimate of drug-likeness (QED) is 0.617. The van der Waals surface area contributed by atoms with E-state index in [1.165, 1.54) is 35.2 Å². The van der Waals surface area contributed by atoms with Gasteiger partial charge in [0.25, 0.3) is 5.56 Å². The zero-order valence-corrected chi connectivity index (χ0v) is 16.9. The van der Waals surface area contributed by atoms with Gasteiger partial charge in [-0.05, 0) is 31.2 Å². The molecule has 0 fully saturated rings. The van der Waals surface area contributed by atoms with Crippen molar-refractivity contribution < 1.29 is 8.96 Å². The van der Waals surface area contributed by atoms with Crippen LogP contribution in [0.3, 0.4) is 0 Å². The maximum Gasteiger partial charge on any atom is 0.271 e. The van der Waals surface area contributed by atoms with Gasteiger partial charge in [-0.25, -0.2) is 8.96 Å². The third-order valence-electron chi connectivity index (χ3n) is 4.58. The number of rotatable bonds is 2. The van der Waals surface area contributed by atoms with Crippen LogP contribution in [0.25, 0.3) is 11.1 Å². The summed E-state index contributed by atoms with van der Waals surface area (Å²) in [5, 5.41) is 0.852. The molecule has 0 aliphatic carbocycles. The lowest BCUT2D eigenvalue weighted by atomic mass is 10.3. The number of thioether (sulfide) groups is 1. The van der Waals surface area contributed by atoms with E-state index >= 15 is 0 Å². The van der Waals surface area contributed by atoms with Crippen molar-refractivity contribution in [1.29, 1.82) is 0 Å². The molecule has 0 N–H and O–H groups in total. The van der Waals surface area contributed by atoms with Crippen molar-refractivity contribution in [3.8, 4) is 0 Å². The Morgan fingerprint density at radius 1 is 1.26 bits per heavy atom. The Kier molecular flexibility index (Phi) is 4.65. The maximum absolute atomic E-state index is 13.6. The molecule has 4 nitrogen and oxygen atoms in total. The summed E-state index contributed by atoms with van der Waals surface area (Å²) in [5.41, 5.74) is 1.82. The number of pyridine rings is 1. The van der Waals surface area contributed by atoms with Crippen LogP contribution >= 0.6 is 23.1 Å². The molecule has 4 rings (SSSR count). The molecule has 0 atom stereocenters. The molecule has 7 heteroatoms. The molecule has 0 saturated carbocycles. The van der Waals surface area contributed by atoms with Crippen molar-refractivity contribution >= 4 is 39.9 Å². The maximum atomic E-state index is 13.6. The van der Waals surface area contributed by atoms with E-state index in [4.69, 9.17) is 0 Å². The number of nitrogens with zero attached hydrogens (tertiary/aromatic N) is 3. The first-order chi connectivity index (χ1) is 13.0. The SMILES string of the molecule is CCn1c(=O)/c(=C2/Sc3ccc(F)cc3N2C)s/c1=C\c1cccc[n+]1C. The number of halogens is 1. The van der Waals surface area contributed by atoms with Gasteiger partial charge in [0.2, 0.25) is 5.69 Å². The molecule has 27 heavy (non-hydrogen) atoms. The Bertz CT molecular complexity index is 1210. The topological polar surface area (TPSA) is 29.1 Å². The zero-order chi connectivity index (χ0) is 19.1. The van der Waals surface area contributed by atoms with Gasteiger partial charge < -0.3 is 4.90 Å². The lowest BCUT2D eigenvalue weighted by Crippen LogP contribution is -2.34. The molecule has 1 aromatic carbocycles. The van der Waals surface area contributed by atoms with Gasteiger partial charge >= 0.3 is 0 Å². The molecule has 2 aromatic heterocycles. The van der Waals surface area contributed by atoms with Crippen molar-refractivity contribution in [2.75, 3.05) is 11.9 Å². The minimum absolute atomic E-state index is 0.00466. The summed E-state index contributed by atoms with van der Waals surface area (Å²) in [4.78, 5) is 15.9. The number of thiazole rings is 1. The first kappa shape index (κ1) is 18.0. The van der Waals surface area contributed by atoms with Crippen molar-refractivity contribution in [2.24, 2.45) is 7.05 Å². The standard InChI is InChI=1S/C20H19FN3OS2/c1-4-24-17(12-14-7-5-6-10-22(14)2)27-18(19(24)25)20-23(3)15-11-13(21)8-9-16(15)26-20/h5-12H,4H2,1-3H3/q+1/b20-18-. The lowest BCUT2D eigenvalue weighted by molar-refractivity contribution is -0.673. The summed E-state index contributed by atoms with van der Waals surface area (Å²) in [6.07, 6.45) is 4.02. The third kappa shape index (κ3) is 3.11. The smallest absolute Gasteiger partial charge is 0.271 e. The molecular formula is C20H19FN3OS2+. The van der Waals surface area contributed by atoms with Crippen LogP contribution in [0.5, 0.6) is 0 Å². The van der Waals surface area contributed by atoms with E-state index in [9.17, 15) is 9.18 Å². The minimum Gasteiger partial charge on any atom is -0.337 e. The summed E-state index contributed by atoms with van der Waals surface area (Å²) < 4.78 is 19.0. The fourth-order valence-electron chi connectivity index (χ4n) is 3.10. The number of aromatic nitrogens is 2. The minimum atomic E-state index is -0.273. The Hall–Kier alpha value is -2.38. The summed E-state index contributed by atoms with van der Waals surface area (Å²) in [7, 11) is 3.86. The van der Waals surface area contributed by atoms with Gasteiger partial charge in [-0.1, -0.05) is 11.8 Å². The second-order valence-corrected chi connectivity index (χ2v) is 8.34. The number of hydrogen-bond acceptors (Lipinski definition) is 4. The molecule has 3 aromatic rings. The molecule has 1 aliphatic rings. The summed E-state index contributed by atoms with van der Waals surface area (Å²) in [6.45, 7) is 2.57. The largest absolute Gasteiger partial charge is 0.337 e. The number of fused-ring (bicyclic) bond motifs is 1. The number of benzene rings is 1. The van der Waals surface area contributed by atoms with Crippen molar-refractivity contribution in [2.45, 2.75) is 18.4 Å². The Balaban J connectivity index is 1.94. The predicted octanol–water partition coefficient (Wildman–Crippen LogP) is 2.03. The van der Waals surface area contributed by atoms with E-state index < -0.39 is 0 Å². The molecule has 0 amide bonds. The van der Waals surface area contributed by atoms with Crippen LogP contribution < -0.4 is 24.2 Å². The first-order valence-electron chi connectivity index (χ1n) is 8.61. The average molecular weight is 401 g/mol. The molecule has 0 saturated heterocycles. The molecule has 0 unspecified atom stereocenters. The van der Waals surface area contributed by atoms with Crippen LogP contribution in [0.15, 0.2) is 52.3 Å². The fraction of sp³-hybridized carbons (Fsp3) is 0.200. The summed E-state index contributed by atoms with van der Waals surface area (Å²) >= 11 is 2.99. The van der Waals surface area contributed by atoms with Crippen molar-refractivity contribution in [3.05, 3.63) is 73.7 Å². The van der Waals surface area contributed by atoms with E-state index in [0.29, 0.717) is 11.1 Å². The van der Waals surface area contributed by atoms with E-state index in [0.717, 1.165) is 26.0 Å². The second-order valence-electron chi connectivity index (χ2n) is 6.28. The molecule has 0 spiro atoms. The van der Waals surface area contributed by atoms with Gasteiger partial charge in [0.15, 0.2) is 6.20 Å². The van der Waals surface area contributed by atoms with Crippen LogP contribution in [-0.2, 0) is 13.6 Å². The van der Waals surface area contributed by atoms with Gasteiger partial charge in [0.1, 0.15) is 27.1 Å². The predicted molar refractivity (Wildman–Crippen MR) is 109 cm³/mol. The highest BCUT2D eigenvalue weighted by atomic mass is 32.2. The number of aryl methyl sites for hydroxylation is 1. The van der Waals surface area contributed by atoms with Crippen LogP contribution in [0, 0.1) is 5.82 Å². The molecule has 3 heterocycles. The van der Waals surface area contributed by atoms with Crippen molar-refractivity contribution in [1.82, 2.24) is 4.57 Å². The fourth-order valence-corrected chi connectivity index (χ4v) is 5.54. The van der Waals surface area contributed by atoms with Gasteiger partial charge in [0, 0.05) is 36.7 Å². The van der Waals surface area contributed by atoms with E-state index in [1.54, 1.807) is 10.6 Å². The van der Waals surface area contributed by atoms with Crippen LogP contribution in [-0.4, -0.2) is 11.6 Å². The summed E-state index contributed by atoms with van der Waals surface area (Å²) in [6, 6.07) is 10.7. The van der Waals surface area contributed by atoms with Gasteiger partial charge in [-0.3, -0.25) is 9.36 Å². The highest BCUT2D eigenvalue weighted by Gasteiger charge is 2.25. The normalized spacial score (nSPS) is 16.1. The highest BCUT2D eigenvalue weighted by Crippen LogP contribution is 2.45. The van der Waals surface area contributed by atoms with E-state index in [-0.39, 0.29) is 11.4 Å². The van der Waals surface area contributed by atoms with E-state index in [2.05, 4.69) is 0 Å². The van der Waals surface area contributed by atoms with Gasteiger partial charge in [0.05, 0.1) is 5.69 Å². The zero-order valence-electron chi connectivity index (χ0n) is 15.3. The van der Waals surface area contributed by atoms with Crippen LogP contribution in [0.1, 0.15) is 12.6 Å². The van der Waals surface area contributed by atoms with Crippen molar-refractivity contribution in [3.63, 3.8) is 0 Å². The average Bonchev–Trinajstić information content (AvgIpc) is 3.14. The van der Waals surface area contributed by atoms with E-state index in [1.807, 2.05) is 61.0 Å². The molecule has 0 radical (unpaired) electrons. The highest BCUT2D eigenvalue weighted by molar-refractivity contribution is 8.08. The Morgan fingerprint density at radius 3 is 2.81 bits per heavy atom. The molecule has 1 aliphatic heterocycles. The van der Waals surface area contributed by atoms with Gasteiger partial charge in [-0.15, -0.1) is 11.3 Å². The second kappa shape index (κ2) is 6.98. The Morgan fingerprint density at radius 2 is 2.07 bits per heavy atom. The lowest BCUT2D eigenvalue weighted by Gasteiger charge is -2.12. The Labute approximate surface area is 164 Å². The first-order valence-corrected chi connectivity index (χ1v) is 10.2. The summed E-state index contributed by atoms with van der Waals surface area (Å²) in [5.74, 6) is -0.273. The molecule has 138 valence electrons. The van der Waals surface area contributed by atoms with Crippen LogP contribution in [0.2, 0.25) is 0 Å².